The molecule has 108 valence electrons. The molecule has 0 spiro atoms. The van der Waals surface area contributed by atoms with Gasteiger partial charge >= 0.3 is 0 Å². The van der Waals surface area contributed by atoms with E-state index >= 15 is 0 Å². The van der Waals surface area contributed by atoms with Crippen LogP contribution in [0.15, 0.2) is 66.9 Å². The SMILES string of the molecule is C1=CCC(CNC(c2ccccc2)c2ccccn2)CC1. The van der Waals surface area contributed by atoms with Crippen molar-refractivity contribution in [3.63, 3.8) is 0 Å². The van der Waals surface area contributed by atoms with Gasteiger partial charge in [0.2, 0.25) is 0 Å². The molecule has 0 bridgehead atoms. The van der Waals surface area contributed by atoms with Gasteiger partial charge in [-0.1, -0.05) is 48.6 Å². The van der Waals surface area contributed by atoms with Crippen molar-refractivity contribution in [2.75, 3.05) is 6.54 Å². The molecule has 2 unspecified atom stereocenters. The molecule has 0 saturated carbocycles. The summed E-state index contributed by atoms with van der Waals surface area (Å²) in [6.45, 7) is 1.04. The fourth-order valence-electron chi connectivity index (χ4n) is 2.91. The van der Waals surface area contributed by atoms with Gasteiger partial charge in [0, 0.05) is 6.20 Å². The third-order valence-electron chi connectivity index (χ3n) is 4.10. The summed E-state index contributed by atoms with van der Waals surface area (Å²) < 4.78 is 0. The van der Waals surface area contributed by atoms with Crippen molar-refractivity contribution >= 4 is 0 Å². The zero-order valence-corrected chi connectivity index (χ0v) is 12.3. The zero-order valence-electron chi connectivity index (χ0n) is 12.3. The molecule has 2 atom stereocenters. The summed E-state index contributed by atoms with van der Waals surface area (Å²) in [6.07, 6.45) is 10.2. The summed E-state index contributed by atoms with van der Waals surface area (Å²) in [5.74, 6) is 0.741. The van der Waals surface area contributed by atoms with Crippen LogP contribution >= 0.6 is 0 Å². The van der Waals surface area contributed by atoms with Gasteiger partial charge in [-0.05, 0) is 49.4 Å². The molecule has 0 aliphatic heterocycles. The van der Waals surface area contributed by atoms with Gasteiger partial charge in [-0.3, -0.25) is 4.98 Å². The van der Waals surface area contributed by atoms with E-state index in [9.17, 15) is 0 Å². The second kappa shape index (κ2) is 7.19. The van der Waals surface area contributed by atoms with Crippen molar-refractivity contribution in [2.24, 2.45) is 5.92 Å². The molecular weight excluding hydrogens is 256 g/mol. The van der Waals surface area contributed by atoms with Crippen molar-refractivity contribution in [1.29, 1.82) is 0 Å². The monoisotopic (exact) mass is 278 g/mol. The fourth-order valence-corrected chi connectivity index (χ4v) is 2.91. The average molecular weight is 278 g/mol. The summed E-state index contributed by atoms with van der Waals surface area (Å²) in [7, 11) is 0. The maximum atomic E-state index is 4.54. The van der Waals surface area contributed by atoms with E-state index in [1.807, 2.05) is 12.3 Å². The Kier molecular flexibility index (Phi) is 4.80. The number of nitrogens with one attached hydrogen (secondary N) is 1. The Bertz CT molecular complexity index is 523. The molecule has 21 heavy (non-hydrogen) atoms. The van der Waals surface area contributed by atoms with Gasteiger partial charge < -0.3 is 5.32 Å². The molecule has 1 aromatic carbocycles. The van der Waals surface area contributed by atoms with E-state index in [1.54, 1.807) is 0 Å². The molecule has 0 fully saturated rings. The molecule has 1 aliphatic carbocycles. The van der Waals surface area contributed by atoms with Gasteiger partial charge in [-0.2, -0.15) is 0 Å². The van der Waals surface area contributed by atoms with E-state index in [1.165, 1.54) is 24.8 Å². The summed E-state index contributed by atoms with van der Waals surface area (Å²) >= 11 is 0. The molecule has 2 aromatic rings. The van der Waals surface area contributed by atoms with Crippen LogP contribution in [0.5, 0.6) is 0 Å². The zero-order chi connectivity index (χ0) is 14.3. The Balaban J connectivity index is 1.75. The summed E-state index contributed by atoms with van der Waals surface area (Å²) in [5, 5.41) is 3.73. The number of allylic oxidation sites excluding steroid dienone is 2. The van der Waals surface area contributed by atoms with Crippen molar-refractivity contribution in [1.82, 2.24) is 10.3 Å². The number of hydrogen-bond donors (Lipinski definition) is 1. The Labute approximate surface area is 126 Å². The van der Waals surface area contributed by atoms with E-state index in [0.717, 1.165) is 18.2 Å². The fraction of sp³-hybridized carbons (Fsp3) is 0.316. The normalized spacial score (nSPS) is 19.3. The largest absolute Gasteiger partial charge is 0.305 e. The molecule has 1 heterocycles. The first-order valence-electron chi connectivity index (χ1n) is 7.78. The molecular formula is C19H22N2. The highest BCUT2D eigenvalue weighted by atomic mass is 14.9. The first kappa shape index (κ1) is 14.0. The molecule has 1 aliphatic rings. The van der Waals surface area contributed by atoms with Gasteiger partial charge in [-0.15, -0.1) is 0 Å². The van der Waals surface area contributed by atoms with Crippen LogP contribution in [0.25, 0.3) is 0 Å². The van der Waals surface area contributed by atoms with E-state index in [0.29, 0.717) is 0 Å². The van der Waals surface area contributed by atoms with E-state index < -0.39 is 0 Å². The van der Waals surface area contributed by atoms with Crippen LogP contribution in [0.4, 0.5) is 0 Å². The Morgan fingerprint density at radius 1 is 1.05 bits per heavy atom. The highest BCUT2D eigenvalue weighted by Gasteiger charge is 2.17. The van der Waals surface area contributed by atoms with Crippen LogP contribution in [0, 0.1) is 5.92 Å². The Morgan fingerprint density at radius 2 is 1.90 bits per heavy atom. The minimum atomic E-state index is 0.179. The van der Waals surface area contributed by atoms with Crippen LogP contribution in [-0.4, -0.2) is 11.5 Å². The molecule has 0 saturated heterocycles. The molecule has 2 heteroatoms. The van der Waals surface area contributed by atoms with Crippen LogP contribution in [-0.2, 0) is 0 Å². The average Bonchev–Trinajstić information content (AvgIpc) is 2.58. The van der Waals surface area contributed by atoms with Crippen LogP contribution in [0.1, 0.15) is 36.6 Å². The first-order valence-corrected chi connectivity index (χ1v) is 7.78. The molecule has 3 rings (SSSR count). The van der Waals surface area contributed by atoms with Crippen LogP contribution in [0.3, 0.4) is 0 Å². The number of nitrogens with zero attached hydrogens (tertiary/aromatic N) is 1. The lowest BCUT2D eigenvalue weighted by Gasteiger charge is -2.24. The van der Waals surface area contributed by atoms with E-state index in [4.69, 9.17) is 0 Å². The van der Waals surface area contributed by atoms with E-state index in [-0.39, 0.29) is 6.04 Å². The maximum Gasteiger partial charge on any atom is 0.0751 e. The topological polar surface area (TPSA) is 24.9 Å². The minimum absolute atomic E-state index is 0.179. The number of benzene rings is 1. The van der Waals surface area contributed by atoms with Gasteiger partial charge in [0.15, 0.2) is 0 Å². The third kappa shape index (κ3) is 3.79. The van der Waals surface area contributed by atoms with Crippen molar-refractivity contribution < 1.29 is 0 Å². The summed E-state index contributed by atoms with van der Waals surface area (Å²) in [4.78, 5) is 4.54. The lowest BCUT2D eigenvalue weighted by atomic mass is 9.93. The van der Waals surface area contributed by atoms with Gasteiger partial charge in [-0.25, -0.2) is 0 Å². The van der Waals surface area contributed by atoms with Gasteiger partial charge in [0.1, 0.15) is 0 Å². The van der Waals surface area contributed by atoms with Gasteiger partial charge in [0.25, 0.3) is 0 Å². The highest BCUT2D eigenvalue weighted by molar-refractivity contribution is 5.27. The molecule has 2 nitrogen and oxygen atoms in total. The lowest BCUT2D eigenvalue weighted by Crippen LogP contribution is -2.29. The second-order valence-electron chi connectivity index (χ2n) is 5.66. The summed E-state index contributed by atoms with van der Waals surface area (Å²) in [5.41, 5.74) is 2.37. The number of pyridine rings is 1. The number of hydrogen-bond acceptors (Lipinski definition) is 2. The smallest absolute Gasteiger partial charge is 0.0751 e. The standard InChI is InChI=1S/C19H22N2/c1-3-9-16(10-4-1)15-21-19(17-11-5-2-6-12-17)18-13-7-8-14-20-18/h1-3,5-8,11-14,16,19,21H,4,9-10,15H2. The first-order chi connectivity index (χ1) is 10.4. The minimum Gasteiger partial charge on any atom is -0.305 e. The van der Waals surface area contributed by atoms with Crippen molar-refractivity contribution in [3.8, 4) is 0 Å². The summed E-state index contributed by atoms with van der Waals surface area (Å²) in [6, 6.07) is 16.9. The Hall–Kier alpha value is -1.93. The van der Waals surface area contributed by atoms with E-state index in [2.05, 4.69) is 64.9 Å². The predicted octanol–water partition coefficient (Wildman–Crippen LogP) is 4.12. The molecule has 1 N–H and O–H groups in total. The van der Waals surface area contributed by atoms with Gasteiger partial charge in [0.05, 0.1) is 11.7 Å². The maximum absolute atomic E-state index is 4.54. The lowest BCUT2D eigenvalue weighted by molar-refractivity contribution is 0.421. The van der Waals surface area contributed by atoms with Crippen LogP contribution in [0.2, 0.25) is 0 Å². The highest BCUT2D eigenvalue weighted by Crippen LogP contribution is 2.22. The predicted molar refractivity (Wildman–Crippen MR) is 87.0 cm³/mol. The van der Waals surface area contributed by atoms with Crippen LogP contribution < -0.4 is 5.32 Å². The second-order valence-corrected chi connectivity index (χ2v) is 5.66. The number of aromatic nitrogens is 1. The molecule has 0 radical (unpaired) electrons. The molecule has 0 amide bonds. The number of rotatable bonds is 5. The van der Waals surface area contributed by atoms with Crippen molar-refractivity contribution in [3.05, 3.63) is 78.1 Å². The molecule has 1 aromatic heterocycles. The Morgan fingerprint density at radius 3 is 2.62 bits per heavy atom. The van der Waals surface area contributed by atoms with Crippen molar-refractivity contribution in [2.45, 2.75) is 25.3 Å². The quantitative estimate of drug-likeness (QED) is 0.832. The third-order valence-corrected chi connectivity index (χ3v) is 4.10.